The molecule has 1 fully saturated rings. The Balaban J connectivity index is 1.58. The third-order valence-corrected chi connectivity index (χ3v) is 10.1. The van der Waals surface area contributed by atoms with Crippen LogP contribution in [0.5, 0.6) is 0 Å². The van der Waals surface area contributed by atoms with Crippen LogP contribution in [-0.2, 0) is 35.4 Å². The number of hydrogen-bond donors (Lipinski definition) is 3. The Morgan fingerprint density at radius 1 is 1.17 bits per heavy atom. The van der Waals surface area contributed by atoms with Crippen LogP contribution in [0.3, 0.4) is 0 Å². The van der Waals surface area contributed by atoms with Crippen LogP contribution in [0.25, 0.3) is 5.57 Å². The number of alkyl carbamates (subject to hydrolysis) is 1. The maximum absolute atomic E-state index is 14.1. The van der Waals surface area contributed by atoms with E-state index in [4.69, 9.17) is 14.2 Å². The summed E-state index contributed by atoms with van der Waals surface area (Å²) in [5, 5.41) is 17.2. The summed E-state index contributed by atoms with van der Waals surface area (Å²) in [6.45, 7) is 9.85. The molecule has 2 aromatic rings. The van der Waals surface area contributed by atoms with E-state index in [9.17, 15) is 23.1 Å². The van der Waals surface area contributed by atoms with Gasteiger partial charge in [-0.3, -0.25) is 4.79 Å². The van der Waals surface area contributed by atoms with E-state index in [1.165, 1.54) is 16.4 Å². The molecule has 1 saturated heterocycles. The van der Waals surface area contributed by atoms with Crippen LogP contribution in [-0.4, -0.2) is 99.7 Å². The first-order chi connectivity index (χ1) is 22.1. The topological polar surface area (TPSA) is 147 Å². The van der Waals surface area contributed by atoms with E-state index in [-0.39, 0.29) is 42.8 Å². The molecule has 258 valence electrons. The lowest BCUT2D eigenvalue weighted by Crippen LogP contribution is -2.52. The van der Waals surface area contributed by atoms with E-state index in [1.807, 2.05) is 65.0 Å². The molecule has 3 N–H and O–H groups in total. The van der Waals surface area contributed by atoms with Crippen LogP contribution in [0.15, 0.2) is 59.6 Å². The summed E-state index contributed by atoms with van der Waals surface area (Å²) < 4.78 is 46.7. The number of fused-ring (bicyclic) bond motifs is 1. The highest BCUT2D eigenvalue weighted by molar-refractivity contribution is 7.89. The molecule has 2 heterocycles. The van der Waals surface area contributed by atoms with Crippen molar-refractivity contribution in [3.8, 4) is 0 Å². The summed E-state index contributed by atoms with van der Waals surface area (Å²) in [7, 11) is -0.587. The molecule has 0 aromatic heterocycles. The van der Waals surface area contributed by atoms with Crippen molar-refractivity contribution in [1.29, 1.82) is 0 Å². The third-order valence-electron chi connectivity index (χ3n) is 8.23. The number of amides is 2. The molecule has 0 radical (unpaired) electrons. The van der Waals surface area contributed by atoms with Gasteiger partial charge in [-0.05, 0) is 43.0 Å². The second-order valence-corrected chi connectivity index (χ2v) is 15.2. The summed E-state index contributed by atoms with van der Waals surface area (Å²) in [6, 6.07) is 12.9. The van der Waals surface area contributed by atoms with E-state index in [0.717, 1.165) is 5.56 Å². The molecule has 2 aromatic carbocycles. The first kappa shape index (κ1) is 36.3. The molecule has 13 heteroatoms. The van der Waals surface area contributed by atoms with Gasteiger partial charge < -0.3 is 34.9 Å². The standard InChI is InChI=1S/C34H48N4O8S/c1-8-44-32-34(4,5)30(21-45-32)46-33(41)36-28(16-23-12-10-9-11-13-23)29(39)20-38(18-22(2)3)47(42,43)24-14-15-27-25(17-24)26(19-37(6)7)31(40)35-27/h9-15,17,19,22,28-30,32,39H,8,16,18,20-21H2,1-7H3,(H,35,40)(H,36,41)/b26-19-/t28-,29+,30-,32+/m0/s1. The maximum atomic E-state index is 14.1. The number of ether oxygens (including phenoxy) is 3. The van der Waals surface area contributed by atoms with Crippen molar-refractivity contribution in [3.63, 3.8) is 0 Å². The minimum absolute atomic E-state index is 0.00967. The smallest absolute Gasteiger partial charge is 0.407 e. The fourth-order valence-electron chi connectivity index (χ4n) is 5.70. The average molecular weight is 673 g/mol. The van der Waals surface area contributed by atoms with E-state index in [0.29, 0.717) is 23.4 Å². The number of sulfonamides is 1. The second-order valence-electron chi connectivity index (χ2n) is 13.2. The fourth-order valence-corrected chi connectivity index (χ4v) is 7.35. The number of nitrogens with one attached hydrogen (secondary N) is 2. The van der Waals surface area contributed by atoms with Crippen LogP contribution < -0.4 is 10.6 Å². The van der Waals surface area contributed by atoms with Gasteiger partial charge in [0.2, 0.25) is 10.0 Å². The SMILES string of the molecule is CCO[C@@H]1OC[C@H](OC(=O)N[C@@H](Cc2ccccc2)[C@H](O)CN(CC(C)C)S(=O)(=O)c2ccc3c(c2)/C(=C/N(C)C)C(=O)N3)C1(C)C. The molecular weight excluding hydrogens is 624 g/mol. The first-order valence-corrected chi connectivity index (χ1v) is 17.3. The van der Waals surface area contributed by atoms with Crippen molar-refractivity contribution < 1.29 is 37.3 Å². The van der Waals surface area contributed by atoms with Gasteiger partial charge in [0, 0.05) is 51.2 Å². The Morgan fingerprint density at radius 2 is 1.87 bits per heavy atom. The van der Waals surface area contributed by atoms with Crippen LogP contribution in [0.4, 0.5) is 10.5 Å². The molecule has 4 rings (SSSR count). The van der Waals surface area contributed by atoms with Crippen LogP contribution in [0.2, 0.25) is 0 Å². The first-order valence-electron chi connectivity index (χ1n) is 15.9. The van der Waals surface area contributed by atoms with E-state index < -0.39 is 46.1 Å². The number of carbonyl (C=O) groups is 2. The number of aliphatic hydroxyl groups excluding tert-OH is 1. The zero-order valence-electron chi connectivity index (χ0n) is 28.2. The number of nitrogens with zero attached hydrogens (tertiary/aromatic N) is 2. The summed E-state index contributed by atoms with van der Waals surface area (Å²) in [5.41, 5.74) is 1.58. The van der Waals surface area contributed by atoms with Crippen molar-refractivity contribution in [1.82, 2.24) is 14.5 Å². The minimum Gasteiger partial charge on any atom is -0.443 e. The lowest BCUT2D eigenvalue weighted by molar-refractivity contribution is -0.152. The molecule has 0 saturated carbocycles. The molecule has 0 aliphatic carbocycles. The lowest BCUT2D eigenvalue weighted by atomic mass is 9.88. The quantitative estimate of drug-likeness (QED) is 0.256. The highest BCUT2D eigenvalue weighted by Crippen LogP contribution is 2.37. The summed E-state index contributed by atoms with van der Waals surface area (Å²) in [4.78, 5) is 27.6. The van der Waals surface area contributed by atoms with Gasteiger partial charge in [-0.1, -0.05) is 58.0 Å². The number of benzene rings is 2. The van der Waals surface area contributed by atoms with Crippen LogP contribution in [0.1, 0.15) is 45.7 Å². The number of anilines is 1. The van der Waals surface area contributed by atoms with Gasteiger partial charge in [0.15, 0.2) is 6.29 Å². The normalized spacial score (nSPS) is 21.1. The van der Waals surface area contributed by atoms with E-state index >= 15 is 0 Å². The Hall–Kier alpha value is -3.49. The zero-order chi connectivity index (χ0) is 34.5. The predicted molar refractivity (Wildman–Crippen MR) is 179 cm³/mol. The van der Waals surface area contributed by atoms with Crippen molar-refractivity contribution in [2.75, 3.05) is 45.7 Å². The number of hydrogen-bond acceptors (Lipinski definition) is 9. The molecule has 2 aliphatic rings. The minimum atomic E-state index is -4.14. The number of rotatable bonds is 14. The molecular formula is C34H48N4O8S. The maximum Gasteiger partial charge on any atom is 0.407 e. The van der Waals surface area contributed by atoms with Gasteiger partial charge in [0.25, 0.3) is 5.91 Å². The van der Waals surface area contributed by atoms with Gasteiger partial charge in [-0.2, -0.15) is 4.31 Å². The van der Waals surface area contributed by atoms with Gasteiger partial charge in [-0.25, -0.2) is 13.2 Å². The van der Waals surface area contributed by atoms with Gasteiger partial charge in [0.05, 0.1) is 34.6 Å². The second kappa shape index (κ2) is 15.2. The van der Waals surface area contributed by atoms with Crippen molar-refractivity contribution >= 4 is 33.3 Å². The number of aliphatic hydroxyl groups is 1. The highest BCUT2D eigenvalue weighted by atomic mass is 32.2. The Morgan fingerprint density at radius 3 is 2.51 bits per heavy atom. The highest BCUT2D eigenvalue weighted by Gasteiger charge is 2.48. The predicted octanol–water partition coefficient (Wildman–Crippen LogP) is 3.67. The van der Waals surface area contributed by atoms with Crippen LogP contribution >= 0.6 is 0 Å². The van der Waals surface area contributed by atoms with E-state index in [2.05, 4.69) is 10.6 Å². The van der Waals surface area contributed by atoms with Crippen LogP contribution in [0, 0.1) is 11.3 Å². The summed E-state index contributed by atoms with van der Waals surface area (Å²) in [6.07, 6.45) is -1.32. The van der Waals surface area contributed by atoms with Gasteiger partial charge in [0.1, 0.15) is 6.10 Å². The molecule has 0 bridgehead atoms. The monoisotopic (exact) mass is 672 g/mol. The molecule has 0 unspecified atom stereocenters. The Kier molecular flexibility index (Phi) is 11.7. The molecule has 12 nitrogen and oxygen atoms in total. The molecule has 2 amide bonds. The molecule has 4 atom stereocenters. The molecule has 47 heavy (non-hydrogen) atoms. The van der Waals surface area contributed by atoms with Crippen molar-refractivity contribution in [3.05, 3.63) is 65.9 Å². The Labute approximate surface area is 278 Å². The largest absolute Gasteiger partial charge is 0.443 e. The summed E-state index contributed by atoms with van der Waals surface area (Å²) >= 11 is 0. The number of carbonyl (C=O) groups excluding carboxylic acids is 2. The summed E-state index contributed by atoms with van der Waals surface area (Å²) in [5.74, 6) is -0.396. The van der Waals surface area contributed by atoms with Crippen molar-refractivity contribution in [2.45, 2.75) is 70.5 Å². The lowest BCUT2D eigenvalue weighted by Gasteiger charge is -2.32. The van der Waals surface area contributed by atoms with Gasteiger partial charge >= 0.3 is 6.09 Å². The zero-order valence-corrected chi connectivity index (χ0v) is 29.0. The van der Waals surface area contributed by atoms with Gasteiger partial charge in [-0.15, -0.1) is 0 Å². The molecule has 0 spiro atoms. The fraction of sp³-hybridized carbons (Fsp3) is 0.529. The average Bonchev–Trinajstić information content (AvgIpc) is 3.45. The third kappa shape index (κ3) is 8.71. The van der Waals surface area contributed by atoms with E-state index in [1.54, 1.807) is 31.3 Å². The van der Waals surface area contributed by atoms with Crippen molar-refractivity contribution in [2.24, 2.45) is 11.3 Å². The molecule has 2 aliphatic heterocycles. The Bertz CT molecular complexity index is 1540.